The van der Waals surface area contributed by atoms with E-state index in [-0.39, 0.29) is 18.2 Å². The fourth-order valence-electron chi connectivity index (χ4n) is 2.37. The number of carbonyl (C=O) groups is 1. The van der Waals surface area contributed by atoms with Gasteiger partial charge in [0, 0.05) is 19.6 Å². The number of hydrogen-bond acceptors (Lipinski definition) is 3. The molecule has 1 unspecified atom stereocenters. The molecule has 19 heavy (non-hydrogen) atoms. The second kappa shape index (κ2) is 6.06. The van der Waals surface area contributed by atoms with Gasteiger partial charge in [0.15, 0.2) is 0 Å². The molecule has 1 saturated heterocycles. The van der Waals surface area contributed by atoms with Gasteiger partial charge >= 0.3 is 6.09 Å². The average Bonchev–Trinajstić information content (AvgIpc) is 2.38. The quantitative estimate of drug-likeness (QED) is 0.821. The van der Waals surface area contributed by atoms with Crippen LogP contribution in [0.1, 0.15) is 25.5 Å². The second-order valence-corrected chi connectivity index (χ2v) is 5.31. The first-order valence-corrected chi connectivity index (χ1v) is 6.78. The number of benzene rings is 1. The molecular formula is C15H22N2O2. The van der Waals surface area contributed by atoms with Crippen LogP contribution in [0.2, 0.25) is 0 Å². The molecule has 0 bridgehead atoms. The van der Waals surface area contributed by atoms with Crippen LogP contribution in [0.25, 0.3) is 0 Å². The van der Waals surface area contributed by atoms with Crippen LogP contribution in [0.3, 0.4) is 0 Å². The Morgan fingerprint density at radius 3 is 2.58 bits per heavy atom. The van der Waals surface area contributed by atoms with Crippen molar-refractivity contribution in [3.05, 3.63) is 35.9 Å². The molecule has 1 aromatic carbocycles. The molecule has 1 amide bonds. The third-order valence-corrected chi connectivity index (χ3v) is 3.34. The first-order valence-electron chi connectivity index (χ1n) is 6.78. The summed E-state index contributed by atoms with van der Waals surface area (Å²) in [6.07, 6.45) is -0.291. The van der Waals surface area contributed by atoms with Gasteiger partial charge in [-0.1, -0.05) is 30.3 Å². The van der Waals surface area contributed by atoms with Crippen molar-refractivity contribution in [1.82, 2.24) is 9.80 Å². The van der Waals surface area contributed by atoms with Gasteiger partial charge in [0.2, 0.25) is 0 Å². The minimum atomic E-state index is -0.211. The van der Waals surface area contributed by atoms with Crippen LogP contribution >= 0.6 is 0 Å². The summed E-state index contributed by atoms with van der Waals surface area (Å²) < 4.78 is 5.35. The summed E-state index contributed by atoms with van der Waals surface area (Å²) >= 11 is 0. The lowest BCUT2D eigenvalue weighted by molar-refractivity contribution is 0.0372. The summed E-state index contributed by atoms with van der Waals surface area (Å²) in [5.74, 6) is 0. The van der Waals surface area contributed by atoms with E-state index in [1.165, 1.54) is 0 Å². The summed E-state index contributed by atoms with van der Waals surface area (Å²) in [7, 11) is 2.08. The topological polar surface area (TPSA) is 32.8 Å². The number of rotatable bonds is 2. The maximum absolute atomic E-state index is 12.2. The number of ether oxygens (including phenoxy) is 1. The number of piperazine rings is 1. The number of carbonyl (C=O) groups excluding carboxylic acids is 1. The predicted molar refractivity (Wildman–Crippen MR) is 75.0 cm³/mol. The van der Waals surface area contributed by atoms with E-state index in [1.807, 2.05) is 36.9 Å². The molecule has 2 rings (SSSR count). The van der Waals surface area contributed by atoms with Crippen LogP contribution in [0.4, 0.5) is 4.79 Å². The van der Waals surface area contributed by atoms with E-state index in [9.17, 15) is 4.79 Å². The lowest BCUT2D eigenvalue weighted by Gasteiger charge is -2.39. The molecule has 0 spiro atoms. The van der Waals surface area contributed by atoms with Gasteiger partial charge in [-0.2, -0.15) is 0 Å². The van der Waals surface area contributed by atoms with E-state index in [2.05, 4.69) is 24.1 Å². The van der Waals surface area contributed by atoms with Crippen molar-refractivity contribution < 1.29 is 9.53 Å². The molecule has 1 aliphatic rings. The first kappa shape index (κ1) is 13.9. The molecule has 0 saturated carbocycles. The molecule has 1 aromatic rings. The van der Waals surface area contributed by atoms with Gasteiger partial charge in [-0.15, -0.1) is 0 Å². The summed E-state index contributed by atoms with van der Waals surface area (Å²) in [4.78, 5) is 16.3. The summed E-state index contributed by atoms with van der Waals surface area (Å²) in [6, 6.07) is 10.2. The monoisotopic (exact) mass is 262 g/mol. The fourth-order valence-corrected chi connectivity index (χ4v) is 2.37. The number of nitrogens with zero attached hydrogens (tertiary/aromatic N) is 2. The van der Waals surface area contributed by atoms with Crippen molar-refractivity contribution in [1.29, 1.82) is 0 Å². The Morgan fingerprint density at radius 1 is 1.26 bits per heavy atom. The standard InChI is InChI=1S/C15H22N2O2/c1-12(2)19-15(18)17-10-9-16(3)11-14(17)13-7-5-4-6-8-13/h4-8,12,14H,9-11H2,1-3H3. The highest BCUT2D eigenvalue weighted by atomic mass is 16.6. The number of likely N-dealkylation sites (N-methyl/N-ethyl adjacent to an activating group) is 1. The normalized spacial score (nSPS) is 20.6. The van der Waals surface area contributed by atoms with E-state index in [0.29, 0.717) is 6.54 Å². The molecule has 4 nitrogen and oxygen atoms in total. The Hall–Kier alpha value is -1.55. The van der Waals surface area contributed by atoms with E-state index in [1.54, 1.807) is 0 Å². The Morgan fingerprint density at radius 2 is 1.95 bits per heavy atom. The molecule has 1 aliphatic heterocycles. The van der Waals surface area contributed by atoms with Crippen molar-refractivity contribution >= 4 is 6.09 Å². The van der Waals surface area contributed by atoms with Gasteiger partial charge in [0.1, 0.15) is 0 Å². The number of amides is 1. The van der Waals surface area contributed by atoms with Crippen LogP contribution in [-0.2, 0) is 4.74 Å². The molecule has 0 radical (unpaired) electrons. The highest BCUT2D eigenvalue weighted by Crippen LogP contribution is 2.25. The van der Waals surface area contributed by atoms with Gasteiger partial charge in [-0.25, -0.2) is 4.79 Å². The maximum Gasteiger partial charge on any atom is 0.410 e. The third kappa shape index (κ3) is 3.47. The number of hydrogen-bond donors (Lipinski definition) is 0. The third-order valence-electron chi connectivity index (χ3n) is 3.34. The van der Waals surface area contributed by atoms with Gasteiger partial charge in [-0.3, -0.25) is 4.90 Å². The smallest absolute Gasteiger partial charge is 0.410 e. The molecular weight excluding hydrogens is 240 g/mol. The lowest BCUT2D eigenvalue weighted by atomic mass is 10.0. The van der Waals surface area contributed by atoms with Gasteiger partial charge in [0.25, 0.3) is 0 Å². The molecule has 1 atom stereocenters. The molecule has 0 N–H and O–H groups in total. The molecule has 104 valence electrons. The molecule has 0 aliphatic carbocycles. The molecule has 1 heterocycles. The van der Waals surface area contributed by atoms with E-state index in [4.69, 9.17) is 4.74 Å². The van der Waals surface area contributed by atoms with Crippen LogP contribution < -0.4 is 0 Å². The zero-order chi connectivity index (χ0) is 13.8. The lowest BCUT2D eigenvalue weighted by Crippen LogP contribution is -2.49. The molecule has 4 heteroatoms. The largest absolute Gasteiger partial charge is 0.447 e. The van der Waals surface area contributed by atoms with Crippen molar-refractivity contribution in [2.75, 3.05) is 26.7 Å². The molecule has 0 aromatic heterocycles. The Labute approximate surface area is 115 Å². The summed E-state index contributed by atoms with van der Waals surface area (Å²) in [6.45, 7) is 6.20. The highest BCUT2D eigenvalue weighted by molar-refractivity contribution is 5.68. The zero-order valence-electron chi connectivity index (χ0n) is 11.9. The van der Waals surface area contributed by atoms with E-state index in [0.717, 1.165) is 18.7 Å². The van der Waals surface area contributed by atoms with E-state index >= 15 is 0 Å². The van der Waals surface area contributed by atoms with Gasteiger partial charge in [0.05, 0.1) is 12.1 Å². The molecule has 1 fully saturated rings. The van der Waals surface area contributed by atoms with Crippen LogP contribution in [0.15, 0.2) is 30.3 Å². The SMILES string of the molecule is CC(C)OC(=O)N1CCN(C)CC1c1ccccc1. The zero-order valence-corrected chi connectivity index (χ0v) is 11.9. The summed E-state index contributed by atoms with van der Waals surface area (Å²) in [5.41, 5.74) is 1.16. The van der Waals surface area contributed by atoms with Crippen LogP contribution in [-0.4, -0.2) is 48.7 Å². The minimum absolute atomic E-state index is 0.0752. The van der Waals surface area contributed by atoms with Crippen molar-refractivity contribution in [3.8, 4) is 0 Å². The second-order valence-electron chi connectivity index (χ2n) is 5.31. The summed E-state index contributed by atoms with van der Waals surface area (Å²) in [5, 5.41) is 0. The van der Waals surface area contributed by atoms with E-state index < -0.39 is 0 Å². The van der Waals surface area contributed by atoms with Crippen molar-refractivity contribution in [2.24, 2.45) is 0 Å². The van der Waals surface area contributed by atoms with Crippen LogP contribution in [0, 0.1) is 0 Å². The fraction of sp³-hybridized carbons (Fsp3) is 0.533. The Bertz CT molecular complexity index is 419. The van der Waals surface area contributed by atoms with Crippen molar-refractivity contribution in [3.63, 3.8) is 0 Å². The Kier molecular flexibility index (Phi) is 4.43. The average molecular weight is 262 g/mol. The minimum Gasteiger partial charge on any atom is -0.447 e. The van der Waals surface area contributed by atoms with Gasteiger partial charge < -0.3 is 9.64 Å². The Balaban J connectivity index is 2.17. The first-order chi connectivity index (χ1) is 9.08. The van der Waals surface area contributed by atoms with Gasteiger partial charge in [-0.05, 0) is 26.5 Å². The highest BCUT2D eigenvalue weighted by Gasteiger charge is 2.31. The van der Waals surface area contributed by atoms with Crippen molar-refractivity contribution in [2.45, 2.75) is 26.0 Å². The van der Waals surface area contributed by atoms with Crippen LogP contribution in [0.5, 0.6) is 0 Å². The maximum atomic E-state index is 12.2. The predicted octanol–water partition coefficient (Wildman–Crippen LogP) is 2.52.